The molecule has 3 heteroatoms. The van der Waals surface area contributed by atoms with Crippen LogP contribution in [0.3, 0.4) is 0 Å². The quantitative estimate of drug-likeness (QED) is 0.916. The molecule has 0 amide bonds. The standard InChI is InChI=1S/C17H28N2O/c1-13-9-16(10-14(2)17(13)20)12-19(4)11-15-5-7-18(3)8-6-15/h9-10,15,20H,5-8,11-12H2,1-4H3. The zero-order valence-corrected chi connectivity index (χ0v) is 13.3. The van der Waals surface area contributed by atoms with Crippen LogP contribution in [-0.4, -0.2) is 48.6 Å². The highest BCUT2D eigenvalue weighted by molar-refractivity contribution is 5.42. The van der Waals surface area contributed by atoms with Crippen molar-refractivity contribution in [3.63, 3.8) is 0 Å². The molecule has 1 aromatic rings. The highest BCUT2D eigenvalue weighted by Gasteiger charge is 2.18. The first-order chi connectivity index (χ1) is 9.45. The van der Waals surface area contributed by atoms with Crippen molar-refractivity contribution in [1.29, 1.82) is 0 Å². The van der Waals surface area contributed by atoms with Gasteiger partial charge in [-0.25, -0.2) is 0 Å². The number of likely N-dealkylation sites (tertiary alicyclic amines) is 1. The number of nitrogens with zero attached hydrogens (tertiary/aromatic N) is 2. The van der Waals surface area contributed by atoms with E-state index in [1.54, 1.807) is 0 Å². The van der Waals surface area contributed by atoms with E-state index in [1.165, 1.54) is 38.0 Å². The number of piperidine rings is 1. The Labute approximate surface area is 123 Å². The summed E-state index contributed by atoms with van der Waals surface area (Å²) in [7, 11) is 4.41. The van der Waals surface area contributed by atoms with Gasteiger partial charge in [0.2, 0.25) is 0 Å². The summed E-state index contributed by atoms with van der Waals surface area (Å²) in [4.78, 5) is 4.84. The molecule has 3 nitrogen and oxygen atoms in total. The molecule has 0 atom stereocenters. The predicted molar refractivity (Wildman–Crippen MR) is 84.1 cm³/mol. The van der Waals surface area contributed by atoms with Crippen molar-refractivity contribution in [2.45, 2.75) is 33.2 Å². The maximum Gasteiger partial charge on any atom is 0.121 e. The van der Waals surface area contributed by atoms with E-state index >= 15 is 0 Å². The highest BCUT2D eigenvalue weighted by Crippen LogP contribution is 2.24. The van der Waals surface area contributed by atoms with Gasteiger partial charge in [0.25, 0.3) is 0 Å². The maximum absolute atomic E-state index is 9.83. The van der Waals surface area contributed by atoms with Gasteiger partial charge in [-0.3, -0.25) is 0 Å². The molecule has 1 fully saturated rings. The van der Waals surface area contributed by atoms with Gasteiger partial charge < -0.3 is 14.9 Å². The van der Waals surface area contributed by atoms with Crippen molar-refractivity contribution in [3.8, 4) is 5.75 Å². The molecule has 112 valence electrons. The summed E-state index contributed by atoms with van der Waals surface area (Å²) in [5, 5.41) is 9.83. The van der Waals surface area contributed by atoms with Gasteiger partial charge in [0, 0.05) is 13.1 Å². The SMILES string of the molecule is Cc1cc(CN(C)CC2CCN(C)CC2)cc(C)c1O. The molecule has 20 heavy (non-hydrogen) atoms. The lowest BCUT2D eigenvalue weighted by molar-refractivity contribution is 0.173. The number of aryl methyl sites for hydroxylation is 2. The average molecular weight is 276 g/mol. The number of rotatable bonds is 4. The molecule has 1 N–H and O–H groups in total. The Morgan fingerprint density at radius 3 is 2.30 bits per heavy atom. The summed E-state index contributed by atoms with van der Waals surface area (Å²) in [5.41, 5.74) is 3.26. The number of hydrogen-bond acceptors (Lipinski definition) is 3. The lowest BCUT2D eigenvalue weighted by Crippen LogP contribution is -2.35. The Bertz CT molecular complexity index is 427. The molecule has 1 aliphatic rings. The number of aromatic hydroxyl groups is 1. The number of phenolic OH excluding ortho intramolecular Hbond substituents is 1. The van der Waals surface area contributed by atoms with E-state index in [0.29, 0.717) is 5.75 Å². The summed E-state index contributed by atoms with van der Waals surface area (Å²) in [5.74, 6) is 1.27. The predicted octanol–water partition coefficient (Wildman–Crippen LogP) is 2.78. The first kappa shape index (κ1) is 15.3. The molecule has 0 spiro atoms. The number of phenols is 1. The van der Waals surface area contributed by atoms with Crippen LogP contribution in [0, 0.1) is 19.8 Å². The van der Waals surface area contributed by atoms with Crippen LogP contribution >= 0.6 is 0 Å². The van der Waals surface area contributed by atoms with Gasteiger partial charge in [-0.1, -0.05) is 12.1 Å². The summed E-state index contributed by atoms with van der Waals surface area (Å²) < 4.78 is 0. The van der Waals surface area contributed by atoms with Gasteiger partial charge in [0.1, 0.15) is 5.75 Å². The smallest absolute Gasteiger partial charge is 0.121 e. The van der Waals surface area contributed by atoms with E-state index in [1.807, 2.05) is 13.8 Å². The molecule has 0 aliphatic carbocycles. The van der Waals surface area contributed by atoms with E-state index in [0.717, 1.165) is 23.6 Å². The van der Waals surface area contributed by atoms with Gasteiger partial charge in [0.05, 0.1) is 0 Å². The van der Waals surface area contributed by atoms with Crippen LogP contribution in [0.2, 0.25) is 0 Å². The van der Waals surface area contributed by atoms with Gasteiger partial charge in [-0.05, 0) is 76.5 Å². The zero-order chi connectivity index (χ0) is 14.7. The highest BCUT2D eigenvalue weighted by atomic mass is 16.3. The van der Waals surface area contributed by atoms with Crippen LogP contribution < -0.4 is 0 Å². The van der Waals surface area contributed by atoms with Crippen molar-refractivity contribution < 1.29 is 5.11 Å². The van der Waals surface area contributed by atoms with Crippen LogP contribution in [0.4, 0.5) is 0 Å². The fourth-order valence-electron chi connectivity index (χ4n) is 3.20. The van der Waals surface area contributed by atoms with Crippen LogP contribution in [0.25, 0.3) is 0 Å². The largest absolute Gasteiger partial charge is 0.507 e. The summed E-state index contributed by atoms with van der Waals surface area (Å²) >= 11 is 0. The second-order valence-corrected chi connectivity index (χ2v) is 6.52. The minimum absolute atomic E-state index is 0.437. The third kappa shape index (κ3) is 3.97. The molecular formula is C17H28N2O. The molecule has 2 rings (SSSR count). The Balaban J connectivity index is 1.89. The zero-order valence-electron chi connectivity index (χ0n) is 13.3. The minimum Gasteiger partial charge on any atom is -0.507 e. The minimum atomic E-state index is 0.437. The third-order valence-electron chi connectivity index (χ3n) is 4.41. The van der Waals surface area contributed by atoms with E-state index in [9.17, 15) is 5.11 Å². The molecule has 1 heterocycles. The average Bonchev–Trinajstić information content (AvgIpc) is 2.38. The van der Waals surface area contributed by atoms with Crippen molar-refractivity contribution in [2.24, 2.45) is 5.92 Å². The number of hydrogen-bond donors (Lipinski definition) is 1. The number of benzene rings is 1. The summed E-state index contributed by atoms with van der Waals surface area (Å²) in [6, 6.07) is 4.21. The first-order valence-corrected chi connectivity index (χ1v) is 7.62. The molecule has 1 saturated heterocycles. The molecule has 0 radical (unpaired) electrons. The van der Waals surface area contributed by atoms with Crippen LogP contribution in [0.5, 0.6) is 5.75 Å². The Morgan fingerprint density at radius 2 is 1.75 bits per heavy atom. The van der Waals surface area contributed by atoms with E-state index in [2.05, 4.69) is 36.0 Å². The second-order valence-electron chi connectivity index (χ2n) is 6.52. The topological polar surface area (TPSA) is 26.7 Å². The molecule has 1 aliphatic heterocycles. The Morgan fingerprint density at radius 1 is 1.20 bits per heavy atom. The van der Waals surface area contributed by atoms with Crippen LogP contribution in [0.15, 0.2) is 12.1 Å². The van der Waals surface area contributed by atoms with Gasteiger partial charge >= 0.3 is 0 Å². The first-order valence-electron chi connectivity index (χ1n) is 7.62. The Hall–Kier alpha value is -1.06. The monoisotopic (exact) mass is 276 g/mol. The van der Waals surface area contributed by atoms with E-state index in [4.69, 9.17) is 0 Å². The molecule has 0 aromatic heterocycles. The summed E-state index contributed by atoms with van der Waals surface area (Å²) in [6.45, 7) is 8.55. The van der Waals surface area contributed by atoms with Crippen LogP contribution in [-0.2, 0) is 6.54 Å². The third-order valence-corrected chi connectivity index (χ3v) is 4.41. The van der Waals surface area contributed by atoms with Crippen molar-refractivity contribution in [1.82, 2.24) is 9.80 Å². The van der Waals surface area contributed by atoms with Crippen molar-refractivity contribution in [2.75, 3.05) is 33.7 Å². The maximum atomic E-state index is 9.83. The molecule has 0 saturated carbocycles. The summed E-state index contributed by atoms with van der Waals surface area (Å²) in [6.07, 6.45) is 2.63. The normalized spacial score (nSPS) is 17.9. The molecule has 1 aromatic carbocycles. The van der Waals surface area contributed by atoms with Crippen LogP contribution in [0.1, 0.15) is 29.5 Å². The molecule has 0 unspecified atom stereocenters. The Kier molecular flexibility index (Phi) is 5.06. The van der Waals surface area contributed by atoms with Gasteiger partial charge in [-0.2, -0.15) is 0 Å². The molecular weight excluding hydrogens is 248 g/mol. The lowest BCUT2D eigenvalue weighted by Gasteiger charge is -2.31. The molecule has 0 bridgehead atoms. The van der Waals surface area contributed by atoms with Gasteiger partial charge in [0.15, 0.2) is 0 Å². The van der Waals surface area contributed by atoms with E-state index in [-0.39, 0.29) is 0 Å². The van der Waals surface area contributed by atoms with Gasteiger partial charge in [-0.15, -0.1) is 0 Å². The fraction of sp³-hybridized carbons (Fsp3) is 0.647. The lowest BCUT2D eigenvalue weighted by atomic mass is 9.96. The van der Waals surface area contributed by atoms with E-state index < -0.39 is 0 Å². The van der Waals surface area contributed by atoms with Crippen molar-refractivity contribution >= 4 is 0 Å². The van der Waals surface area contributed by atoms with Crippen molar-refractivity contribution in [3.05, 3.63) is 28.8 Å². The fourth-order valence-corrected chi connectivity index (χ4v) is 3.20. The second kappa shape index (κ2) is 6.59.